The van der Waals surface area contributed by atoms with E-state index in [-0.39, 0.29) is 0 Å². The van der Waals surface area contributed by atoms with E-state index in [0.717, 1.165) is 19.9 Å². The summed E-state index contributed by atoms with van der Waals surface area (Å²) in [5.41, 5.74) is 0. The third-order valence-electron chi connectivity index (χ3n) is 3.04. The molecule has 2 heterocycles. The fraction of sp³-hybridized carbons (Fsp3) is 0.600. The van der Waals surface area contributed by atoms with Gasteiger partial charge in [-0.3, -0.25) is 0 Å². The molecule has 0 aromatic rings. The maximum absolute atomic E-state index is 3.66. The first-order chi connectivity index (χ1) is 9.15. The first kappa shape index (κ1) is 15.5. The number of unbranched alkanes of at least 4 members (excludes halogenated alkanes) is 1. The highest BCUT2D eigenvalue weighted by molar-refractivity contribution is 4.91. The summed E-state index contributed by atoms with van der Waals surface area (Å²) in [5, 5.41) is 0. The van der Waals surface area contributed by atoms with Crippen molar-refractivity contribution in [3.8, 4) is 0 Å². The van der Waals surface area contributed by atoms with E-state index in [2.05, 4.69) is 72.0 Å². The monoisotopic (exact) mass is 264 g/mol. The van der Waals surface area contributed by atoms with Gasteiger partial charge in [0.1, 0.15) is 0 Å². The standard InChI is InChI=1S/C8H16N2.C7H12N2/c1-3-4-5-10-7-6-9(2)8-10;1-3-4-9-6-5-8(2)7-9/h6-7H,3-5,8H2,1-2H3;3,5-6H,1,4,7H2,2H3. The Bertz CT molecular complexity index is 311. The summed E-state index contributed by atoms with van der Waals surface area (Å²) in [6.07, 6.45) is 12.9. The maximum Gasteiger partial charge on any atom is 0.0894 e. The van der Waals surface area contributed by atoms with Gasteiger partial charge in [0.25, 0.3) is 0 Å². The second kappa shape index (κ2) is 8.51. The van der Waals surface area contributed by atoms with Gasteiger partial charge in [0.15, 0.2) is 0 Å². The summed E-state index contributed by atoms with van der Waals surface area (Å²) in [6.45, 7) is 10.1. The lowest BCUT2D eigenvalue weighted by Crippen LogP contribution is -2.23. The molecule has 2 rings (SSSR count). The van der Waals surface area contributed by atoms with Crippen LogP contribution in [0.1, 0.15) is 19.8 Å². The molecule has 0 saturated heterocycles. The Morgan fingerprint density at radius 3 is 2.00 bits per heavy atom. The van der Waals surface area contributed by atoms with E-state index >= 15 is 0 Å². The van der Waals surface area contributed by atoms with E-state index in [0.29, 0.717) is 0 Å². The second-order valence-electron chi connectivity index (χ2n) is 5.12. The highest BCUT2D eigenvalue weighted by Crippen LogP contribution is 2.04. The number of rotatable bonds is 5. The van der Waals surface area contributed by atoms with Crippen molar-refractivity contribution in [2.45, 2.75) is 19.8 Å². The lowest BCUT2D eigenvalue weighted by molar-refractivity contribution is 0.293. The lowest BCUT2D eigenvalue weighted by atomic mass is 10.3. The summed E-state index contributed by atoms with van der Waals surface area (Å²) in [6, 6.07) is 0. The van der Waals surface area contributed by atoms with Crippen LogP contribution < -0.4 is 0 Å². The van der Waals surface area contributed by atoms with Crippen molar-refractivity contribution in [3.05, 3.63) is 37.5 Å². The van der Waals surface area contributed by atoms with Crippen molar-refractivity contribution in [1.29, 1.82) is 0 Å². The molecule has 0 bridgehead atoms. The van der Waals surface area contributed by atoms with Crippen LogP contribution >= 0.6 is 0 Å². The molecule has 2 aliphatic heterocycles. The molecule has 0 aliphatic carbocycles. The van der Waals surface area contributed by atoms with Gasteiger partial charge in [0, 0.05) is 52.0 Å². The third-order valence-corrected chi connectivity index (χ3v) is 3.04. The van der Waals surface area contributed by atoms with Crippen LogP contribution in [-0.2, 0) is 0 Å². The zero-order valence-corrected chi connectivity index (χ0v) is 12.6. The highest BCUT2D eigenvalue weighted by Gasteiger charge is 2.06. The largest absolute Gasteiger partial charge is 0.362 e. The van der Waals surface area contributed by atoms with Gasteiger partial charge in [-0.2, -0.15) is 0 Å². The number of hydrogen-bond acceptors (Lipinski definition) is 4. The molecule has 19 heavy (non-hydrogen) atoms. The molecule has 0 fully saturated rings. The Labute approximate surface area is 118 Å². The van der Waals surface area contributed by atoms with Crippen molar-refractivity contribution in [1.82, 2.24) is 19.6 Å². The molecule has 0 saturated carbocycles. The minimum atomic E-state index is 0.945. The van der Waals surface area contributed by atoms with Crippen molar-refractivity contribution < 1.29 is 0 Å². The van der Waals surface area contributed by atoms with Crippen LogP contribution in [0.3, 0.4) is 0 Å². The Balaban J connectivity index is 0.000000191. The summed E-state index contributed by atoms with van der Waals surface area (Å²) >= 11 is 0. The second-order valence-corrected chi connectivity index (χ2v) is 5.12. The topological polar surface area (TPSA) is 13.0 Å². The smallest absolute Gasteiger partial charge is 0.0894 e. The Kier molecular flexibility index (Phi) is 6.93. The summed E-state index contributed by atoms with van der Waals surface area (Å²) in [4.78, 5) is 8.84. The first-order valence-electron chi connectivity index (χ1n) is 7.01. The molecule has 2 aliphatic rings. The SMILES string of the molecule is C=CCN1C=CN(C)C1.CCCCN1C=CN(C)C1. The van der Waals surface area contributed by atoms with Gasteiger partial charge in [0.2, 0.25) is 0 Å². The van der Waals surface area contributed by atoms with E-state index in [1.54, 1.807) is 0 Å². The maximum atomic E-state index is 3.66. The van der Waals surface area contributed by atoms with E-state index < -0.39 is 0 Å². The van der Waals surface area contributed by atoms with Crippen molar-refractivity contribution in [3.63, 3.8) is 0 Å². The minimum absolute atomic E-state index is 0.945. The Morgan fingerprint density at radius 2 is 1.58 bits per heavy atom. The first-order valence-corrected chi connectivity index (χ1v) is 7.01. The summed E-state index contributed by atoms with van der Waals surface area (Å²) < 4.78 is 0. The van der Waals surface area contributed by atoms with Gasteiger partial charge < -0.3 is 19.6 Å². The zero-order valence-electron chi connectivity index (χ0n) is 12.6. The van der Waals surface area contributed by atoms with Crippen LogP contribution in [-0.4, -0.2) is 60.1 Å². The lowest BCUT2D eigenvalue weighted by Gasteiger charge is -2.17. The van der Waals surface area contributed by atoms with Gasteiger partial charge in [-0.1, -0.05) is 19.4 Å². The molecule has 0 unspecified atom stereocenters. The van der Waals surface area contributed by atoms with Crippen molar-refractivity contribution in [2.24, 2.45) is 0 Å². The molecule has 0 aromatic heterocycles. The molecular weight excluding hydrogens is 236 g/mol. The van der Waals surface area contributed by atoms with Crippen LogP contribution in [0.15, 0.2) is 37.5 Å². The summed E-state index contributed by atoms with van der Waals surface area (Å²) in [5.74, 6) is 0. The van der Waals surface area contributed by atoms with Gasteiger partial charge in [-0.25, -0.2) is 0 Å². The molecule has 0 aromatic carbocycles. The molecule has 0 radical (unpaired) electrons. The van der Waals surface area contributed by atoms with E-state index in [1.165, 1.54) is 19.4 Å². The van der Waals surface area contributed by atoms with Gasteiger partial charge in [-0.15, -0.1) is 6.58 Å². The normalized spacial score (nSPS) is 17.0. The molecule has 4 heteroatoms. The Hall–Kier alpha value is -1.58. The van der Waals surface area contributed by atoms with Gasteiger partial charge >= 0.3 is 0 Å². The number of hydrogen-bond donors (Lipinski definition) is 0. The highest BCUT2D eigenvalue weighted by atomic mass is 15.3. The van der Waals surface area contributed by atoms with Crippen LogP contribution in [0.2, 0.25) is 0 Å². The van der Waals surface area contributed by atoms with Crippen LogP contribution in [0.4, 0.5) is 0 Å². The van der Waals surface area contributed by atoms with Crippen molar-refractivity contribution in [2.75, 3.05) is 40.5 Å². The molecule has 0 spiro atoms. The van der Waals surface area contributed by atoms with Gasteiger partial charge in [0.05, 0.1) is 13.3 Å². The molecule has 0 N–H and O–H groups in total. The minimum Gasteiger partial charge on any atom is -0.362 e. The van der Waals surface area contributed by atoms with E-state index in [4.69, 9.17) is 0 Å². The van der Waals surface area contributed by atoms with Crippen molar-refractivity contribution >= 4 is 0 Å². The Morgan fingerprint density at radius 1 is 1.00 bits per heavy atom. The fourth-order valence-electron chi connectivity index (χ4n) is 1.97. The molecule has 0 amide bonds. The molecule has 4 nitrogen and oxygen atoms in total. The predicted octanol–water partition coefficient (Wildman–Crippen LogP) is 2.31. The average molecular weight is 264 g/mol. The molecule has 0 atom stereocenters. The van der Waals surface area contributed by atoms with E-state index in [9.17, 15) is 0 Å². The number of nitrogens with zero attached hydrogens (tertiary/aromatic N) is 4. The third kappa shape index (κ3) is 6.22. The quantitative estimate of drug-likeness (QED) is 0.706. The summed E-state index contributed by atoms with van der Waals surface area (Å²) in [7, 11) is 4.15. The zero-order chi connectivity index (χ0) is 14.1. The predicted molar refractivity (Wildman–Crippen MR) is 82.1 cm³/mol. The fourth-order valence-corrected chi connectivity index (χ4v) is 1.97. The molecular formula is C15H28N4. The molecule has 108 valence electrons. The van der Waals surface area contributed by atoms with Gasteiger partial charge in [-0.05, 0) is 6.42 Å². The van der Waals surface area contributed by atoms with E-state index in [1.807, 2.05) is 6.08 Å². The van der Waals surface area contributed by atoms with Crippen LogP contribution in [0.5, 0.6) is 0 Å². The average Bonchev–Trinajstić information content (AvgIpc) is 2.97. The van der Waals surface area contributed by atoms with Crippen LogP contribution in [0, 0.1) is 0 Å². The van der Waals surface area contributed by atoms with Crippen LogP contribution in [0.25, 0.3) is 0 Å².